The minimum absolute atomic E-state index is 0.530. The molecule has 0 aliphatic carbocycles. The largest absolute Gasteiger partial charge is 0.305 e. The van der Waals surface area contributed by atoms with Crippen molar-refractivity contribution in [1.82, 2.24) is 0 Å². The fourth-order valence-electron chi connectivity index (χ4n) is 1.47. The zero-order valence-corrected chi connectivity index (χ0v) is 9.32. The first-order valence-corrected chi connectivity index (χ1v) is 5.15. The molecule has 17 heavy (non-hydrogen) atoms. The van der Waals surface area contributed by atoms with Crippen molar-refractivity contribution in [2.45, 2.75) is 0 Å². The molecule has 86 valence electrons. The zero-order valence-electron chi connectivity index (χ0n) is 8.56. The van der Waals surface area contributed by atoms with Crippen LogP contribution in [0.3, 0.4) is 0 Å². The zero-order chi connectivity index (χ0) is 12.4. The Kier molecular flexibility index (Phi) is 3.06. The molecule has 0 aliphatic heterocycles. The molecule has 2 aromatic rings. The fourth-order valence-corrected chi connectivity index (χ4v) is 1.60. The van der Waals surface area contributed by atoms with E-state index in [0.717, 1.165) is 11.6 Å². The first-order chi connectivity index (χ1) is 8.08. The maximum absolute atomic E-state index is 13.1. The molecule has 0 heterocycles. The van der Waals surface area contributed by atoms with Gasteiger partial charge in [-0.25, -0.2) is 0 Å². The van der Waals surface area contributed by atoms with Crippen molar-refractivity contribution in [3.63, 3.8) is 0 Å². The van der Waals surface area contributed by atoms with E-state index in [1.54, 1.807) is 24.3 Å². The minimum Gasteiger partial charge on any atom is -0.258 e. The third-order valence-electron chi connectivity index (χ3n) is 2.32. The lowest BCUT2D eigenvalue weighted by atomic mass is 10.1. The second-order valence-corrected chi connectivity index (χ2v) is 3.87. The Labute approximate surface area is 102 Å². The Hall–Kier alpha value is -1.94. The van der Waals surface area contributed by atoms with Crippen molar-refractivity contribution in [3.05, 3.63) is 63.4 Å². The molecule has 0 aliphatic rings. The van der Waals surface area contributed by atoms with Gasteiger partial charge in [-0.2, -0.15) is 4.39 Å². The lowest BCUT2D eigenvalue weighted by Gasteiger charge is -2.02. The third kappa shape index (κ3) is 2.42. The smallest absolute Gasteiger partial charge is 0.258 e. The molecule has 0 atom stereocenters. The summed E-state index contributed by atoms with van der Waals surface area (Å²) in [6.45, 7) is 0. The maximum atomic E-state index is 13.1. The van der Waals surface area contributed by atoms with Gasteiger partial charge in [0.05, 0.1) is 4.92 Å². The Morgan fingerprint density at radius 2 is 1.65 bits per heavy atom. The van der Waals surface area contributed by atoms with Crippen LogP contribution in [-0.2, 0) is 0 Å². The quantitative estimate of drug-likeness (QED) is 0.597. The summed E-state index contributed by atoms with van der Waals surface area (Å²) in [4.78, 5) is 9.86. The van der Waals surface area contributed by atoms with Crippen molar-refractivity contribution >= 4 is 17.3 Å². The average molecular weight is 252 g/mol. The third-order valence-corrected chi connectivity index (χ3v) is 2.57. The Morgan fingerprint density at radius 3 is 2.24 bits per heavy atom. The van der Waals surface area contributed by atoms with E-state index >= 15 is 0 Å². The van der Waals surface area contributed by atoms with Crippen LogP contribution in [0.2, 0.25) is 5.02 Å². The predicted molar refractivity (Wildman–Crippen MR) is 63.5 cm³/mol. The van der Waals surface area contributed by atoms with Crippen molar-refractivity contribution in [1.29, 1.82) is 0 Å². The van der Waals surface area contributed by atoms with E-state index in [1.165, 1.54) is 12.1 Å². The topological polar surface area (TPSA) is 43.1 Å². The SMILES string of the molecule is O=[N+]([O-])c1cc(-c2ccc(Cl)cc2)ccc1F. The molecule has 0 spiro atoms. The standard InChI is InChI=1S/C12H7ClFNO2/c13-10-4-1-8(2-5-10)9-3-6-11(14)12(7-9)15(16)17/h1-7H. The van der Waals surface area contributed by atoms with Gasteiger partial charge in [0.25, 0.3) is 0 Å². The molecule has 0 unspecified atom stereocenters. The molecule has 0 aromatic heterocycles. The highest BCUT2D eigenvalue weighted by Crippen LogP contribution is 2.27. The van der Waals surface area contributed by atoms with Crippen LogP contribution in [0, 0.1) is 15.9 Å². The van der Waals surface area contributed by atoms with Crippen LogP contribution in [0.1, 0.15) is 0 Å². The summed E-state index contributed by atoms with van der Waals surface area (Å²) in [5, 5.41) is 11.2. The van der Waals surface area contributed by atoms with Crippen LogP contribution in [0.25, 0.3) is 11.1 Å². The first-order valence-electron chi connectivity index (χ1n) is 4.78. The number of nitro groups is 1. The number of hydrogen-bond donors (Lipinski definition) is 0. The van der Waals surface area contributed by atoms with Crippen LogP contribution >= 0.6 is 11.6 Å². The Balaban J connectivity index is 2.50. The summed E-state index contributed by atoms with van der Waals surface area (Å²) in [5.74, 6) is -0.840. The predicted octanol–water partition coefficient (Wildman–Crippen LogP) is 4.05. The summed E-state index contributed by atoms with van der Waals surface area (Å²) in [6.07, 6.45) is 0. The maximum Gasteiger partial charge on any atom is 0.305 e. The summed E-state index contributed by atoms with van der Waals surface area (Å²) < 4.78 is 13.1. The van der Waals surface area contributed by atoms with Gasteiger partial charge in [0.2, 0.25) is 5.82 Å². The van der Waals surface area contributed by atoms with Crippen molar-refractivity contribution in [2.24, 2.45) is 0 Å². The van der Waals surface area contributed by atoms with Gasteiger partial charge in [0.15, 0.2) is 0 Å². The van der Waals surface area contributed by atoms with Gasteiger partial charge >= 0.3 is 5.69 Å². The molecular formula is C12H7ClFNO2. The highest BCUT2D eigenvalue weighted by molar-refractivity contribution is 6.30. The molecule has 2 rings (SSSR count). The fraction of sp³-hybridized carbons (Fsp3) is 0. The summed E-state index contributed by atoms with van der Waals surface area (Å²) in [7, 11) is 0. The van der Waals surface area contributed by atoms with E-state index in [9.17, 15) is 14.5 Å². The van der Waals surface area contributed by atoms with Crippen LogP contribution in [0.5, 0.6) is 0 Å². The lowest BCUT2D eigenvalue weighted by molar-refractivity contribution is -0.387. The van der Waals surface area contributed by atoms with E-state index in [-0.39, 0.29) is 0 Å². The molecule has 0 saturated heterocycles. The van der Waals surface area contributed by atoms with Gasteiger partial charge in [-0.3, -0.25) is 10.1 Å². The van der Waals surface area contributed by atoms with Gasteiger partial charge in [-0.1, -0.05) is 29.8 Å². The van der Waals surface area contributed by atoms with Gasteiger partial charge in [0.1, 0.15) is 0 Å². The molecule has 0 amide bonds. The highest BCUT2D eigenvalue weighted by atomic mass is 35.5. The Morgan fingerprint density at radius 1 is 1.06 bits per heavy atom. The summed E-state index contributed by atoms with van der Waals surface area (Å²) in [6, 6.07) is 10.6. The van der Waals surface area contributed by atoms with Crippen molar-refractivity contribution in [3.8, 4) is 11.1 Å². The Bertz CT molecular complexity index is 569. The van der Waals surface area contributed by atoms with Crippen LogP contribution in [0.4, 0.5) is 10.1 Å². The van der Waals surface area contributed by atoms with Crippen molar-refractivity contribution < 1.29 is 9.31 Å². The molecule has 0 saturated carbocycles. The number of nitrogens with zero attached hydrogens (tertiary/aromatic N) is 1. The van der Waals surface area contributed by atoms with E-state index in [0.29, 0.717) is 10.6 Å². The van der Waals surface area contributed by atoms with Crippen LogP contribution in [0.15, 0.2) is 42.5 Å². The number of halogens is 2. The molecule has 0 bridgehead atoms. The lowest BCUT2D eigenvalue weighted by Crippen LogP contribution is -1.92. The molecule has 3 nitrogen and oxygen atoms in total. The summed E-state index contributed by atoms with van der Waals surface area (Å²) >= 11 is 5.74. The van der Waals surface area contributed by atoms with Gasteiger partial charge in [-0.05, 0) is 29.3 Å². The second kappa shape index (κ2) is 4.51. The number of hydrogen-bond acceptors (Lipinski definition) is 2. The number of benzene rings is 2. The van der Waals surface area contributed by atoms with Gasteiger partial charge in [-0.15, -0.1) is 0 Å². The molecule has 0 fully saturated rings. The molecule has 0 radical (unpaired) electrons. The molecule has 2 aromatic carbocycles. The number of nitro benzene ring substituents is 1. The minimum atomic E-state index is -0.840. The monoisotopic (exact) mass is 251 g/mol. The molecule has 5 heteroatoms. The van der Waals surface area contributed by atoms with Crippen LogP contribution in [-0.4, -0.2) is 4.92 Å². The van der Waals surface area contributed by atoms with E-state index in [4.69, 9.17) is 11.6 Å². The number of rotatable bonds is 2. The van der Waals surface area contributed by atoms with E-state index in [2.05, 4.69) is 0 Å². The average Bonchev–Trinajstić information content (AvgIpc) is 2.30. The molecular weight excluding hydrogens is 245 g/mol. The van der Waals surface area contributed by atoms with Crippen molar-refractivity contribution in [2.75, 3.05) is 0 Å². The van der Waals surface area contributed by atoms with Gasteiger partial charge in [0, 0.05) is 11.1 Å². The first kappa shape index (κ1) is 11.5. The summed E-state index contributed by atoms with van der Waals surface area (Å²) in [5.41, 5.74) is 0.796. The second-order valence-electron chi connectivity index (χ2n) is 3.43. The van der Waals surface area contributed by atoms with E-state index < -0.39 is 16.4 Å². The highest BCUT2D eigenvalue weighted by Gasteiger charge is 2.14. The van der Waals surface area contributed by atoms with Crippen LogP contribution < -0.4 is 0 Å². The van der Waals surface area contributed by atoms with Gasteiger partial charge < -0.3 is 0 Å². The molecule has 0 N–H and O–H groups in total. The normalized spacial score (nSPS) is 10.2. The van der Waals surface area contributed by atoms with E-state index in [1.807, 2.05) is 0 Å².